The fourth-order valence-electron chi connectivity index (χ4n) is 1.26. The van der Waals surface area contributed by atoms with Gasteiger partial charge in [-0.15, -0.1) is 11.3 Å². The summed E-state index contributed by atoms with van der Waals surface area (Å²) in [6.45, 7) is 1.19. The summed E-state index contributed by atoms with van der Waals surface area (Å²) in [4.78, 5) is 12.5. The van der Waals surface area contributed by atoms with E-state index in [2.05, 4.69) is 0 Å². The lowest BCUT2D eigenvalue weighted by Gasteiger charge is -2.24. The van der Waals surface area contributed by atoms with E-state index in [0.717, 1.165) is 11.3 Å². The molecular formula is C10H10ClF4NOS. The summed E-state index contributed by atoms with van der Waals surface area (Å²) >= 11 is 6.76. The second-order valence-corrected chi connectivity index (χ2v) is 5.25. The molecular weight excluding hydrogens is 294 g/mol. The highest BCUT2D eigenvalue weighted by atomic mass is 35.5. The average molecular weight is 304 g/mol. The van der Waals surface area contributed by atoms with Crippen molar-refractivity contribution in [3.05, 3.63) is 21.3 Å². The Morgan fingerprint density at radius 2 is 2.11 bits per heavy atom. The van der Waals surface area contributed by atoms with Crippen molar-refractivity contribution in [1.82, 2.24) is 4.90 Å². The van der Waals surface area contributed by atoms with Gasteiger partial charge in [-0.1, -0.05) is 11.6 Å². The number of halogens is 5. The van der Waals surface area contributed by atoms with Crippen molar-refractivity contribution in [2.24, 2.45) is 0 Å². The van der Waals surface area contributed by atoms with Crippen LogP contribution in [-0.4, -0.2) is 29.7 Å². The molecule has 0 spiro atoms. The maximum absolute atomic E-state index is 12.9. The van der Waals surface area contributed by atoms with Gasteiger partial charge in [0.15, 0.2) is 0 Å². The van der Waals surface area contributed by atoms with E-state index in [9.17, 15) is 22.4 Å². The van der Waals surface area contributed by atoms with E-state index in [1.807, 2.05) is 0 Å². The first-order valence-corrected chi connectivity index (χ1v) is 6.18. The van der Waals surface area contributed by atoms with Crippen LogP contribution in [0.3, 0.4) is 0 Å². The van der Waals surface area contributed by atoms with Gasteiger partial charge >= 0.3 is 12.3 Å². The zero-order valence-corrected chi connectivity index (χ0v) is 10.9. The predicted molar refractivity (Wildman–Crippen MR) is 61.4 cm³/mol. The van der Waals surface area contributed by atoms with Crippen LogP contribution < -0.4 is 0 Å². The standard InChI is InChI=1S/C10H10ClF4NOS/c1-2-16(5-6-3-4-7(11)18-6)9(17)10(14,15)8(12)13/h3-4,8H,2,5H2,1H3. The quantitative estimate of drug-likeness (QED) is 0.760. The minimum atomic E-state index is -4.66. The Hall–Kier alpha value is -0.820. The Morgan fingerprint density at radius 3 is 2.50 bits per heavy atom. The minimum absolute atomic E-state index is 0.0866. The van der Waals surface area contributed by atoms with Gasteiger partial charge in [-0.25, -0.2) is 8.78 Å². The summed E-state index contributed by atoms with van der Waals surface area (Å²) in [6.07, 6.45) is -4.01. The molecule has 0 aliphatic rings. The molecule has 1 rings (SSSR count). The Bertz CT molecular complexity index is 424. The summed E-state index contributed by atoms with van der Waals surface area (Å²) in [5, 5.41) is 0. The van der Waals surface area contributed by atoms with Crippen LogP contribution in [0.15, 0.2) is 12.1 Å². The van der Waals surface area contributed by atoms with E-state index in [4.69, 9.17) is 11.6 Å². The van der Waals surface area contributed by atoms with Gasteiger partial charge in [-0.2, -0.15) is 8.78 Å². The molecule has 0 saturated heterocycles. The third-order valence-electron chi connectivity index (χ3n) is 2.20. The number of alkyl halides is 4. The van der Waals surface area contributed by atoms with Gasteiger partial charge in [0.05, 0.1) is 10.9 Å². The smallest absolute Gasteiger partial charge is 0.332 e. The van der Waals surface area contributed by atoms with Gasteiger partial charge in [0.2, 0.25) is 0 Å². The maximum atomic E-state index is 12.9. The SMILES string of the molecule is CCN(Cc1ccc(Cl)s1)C(=O)C(F)(F)C(F)F. The molecule has 0 bridgehead atoms. The zero-order valence-electron chi connectivity index (χ0n) is 9.30. The summed E-state index contributed by atoms with van der Waals surface area (Å²) < 4.78 is 50.5. The molecule has 0 aromatic carbocycles. The fraction of sp³-hybridized carbons (Fsp3) is 0.500. The van der Waals surface area contributed by atoms with Crippen LogP contribution in [0.4, 0.5) is 17.6 Å². The van der Waals surface area contributed by atoms with Crippen LogP contribution >= 0.6 is 22.9 Å². The number of thiophene rings is 1. The van der Waals surface area contributed by atoms with Gasteiger partial charge in [-0.3, -0.25) is 4.79 Å². The highest BCUT2D eigenvalue weighted by molar-refractivity contribution is 7.16. The first-order valence-electron chi connectivity index (χ1n) is 4.98. The normalized spacial score (nSPS) is 11.9. The first kappa shape index (κ1) is 15.2. The van der Waals surface area contributed by atoms with E-state index in [-0.39, 0.29) is 13.1 Å². The number of rotatable bonds is 5. The van der Waals surface area contributed by atoms with Crippen LogP contribution in [-0.2, 0) is 11.3 Å². The van der Waals surface area contributed by atoms with Crippen molar-refractivity contribution in [3.63, 3.8) is 0 Å². The lowest BCUT2D eigenvalue weighted by atomic mass is 10.3. The molecule has 1 aromatic rings. The highest BCUT2D eigenvalue weighted by Gasteiger charge is 2.50. The topological polar surface area (TPSA) is 20.3 Å². The summed E-state index contributed by atoms with van der Waals surface area (Å²) in [5.74, 6) is -6.53. The minimum Gasteiger partial charge on any atom is -0.332 e. The van der Waals surface area contributed by atoms with Crippen LogP contribution in [0.1, 0.15) is 11.8 Å². The molecule has 0 N–H and O–H groups in total. The van der Waals surface area contributed by atoms with Crippen molar-refractivity contribution >= 4 is 28.8 Å². The molecule has 1 heterocycles. The second kappa shape index (κ2) is 5.88. The second-order valence-electron chi connectivity index (χ2n) is 3.45. The van der Waals surface area contributed by atoms with E-state index in [0.29, 0.717) is 14.1 Å². The van der Waals surface area contributed by atoms with Gasteiger partial charge < -0.3 is 4.90 Å². The van der Waals surface area contributed by atoms with E-state index >= 15 is 0 Å². The Morgan fingerprint density at radius 1 is 1.50 bits per heavy atom. The molecule has 0 fully saturated rings. The summed E-state index contributed by atoms with van der Waals surface area (Å²) in [6, 6.07) is 3.11. The number of hydrogen-bond acceptors (Lipinski definition) is 2. The van der Waals surface area contributed by atoms with Crippen molar-refractivity contribution in [3.8, 4) is 0 Å². The highest BCUT2D eigenvalue weighted by Crippen LogP contribution is 2.28. The Balaban J connectivity index is 2.81. The molecule has 1 amide bonds. The molecule has 2 nitrogen and oxygen atoms in total. The van der Waals surface area contributed by atoms with Gasteiger partial charge in [0, 0.05) is 11.4 Å². The number of nitrogens with zero attached hydrogens (tertiary/aromatic N) is 1. The Kier molecular flexibility index (Phi) is 4.98. The lowest BCUT2D eigenvalue weighted by Crippen LogP contribution is -2.47. The molecule has 0 aliphatic heterocycles. The van der Waals surface area contributed by atoms with E-state index < -0.39 is 18.3 Å². The molecule has 0 radical (unpaired) electrons. The van der Waals surface area contributed by atoms with Crippen molar-refractivity contribution < 1.29 is 22.4 Å². The molecule has 0 aliphatic carbocycles. The first-order chi connectivity index (χ1) is 8.28. The van der Waals surface area contributed by atoms with Gasteiger partial charge in [-0.05, 0) is 19.1 Å². The Labute approximate surface area is 110 Å². The molecule has 0 atom stereocenters. The third kappa shape index (κ3) is 3.35. The predicted octanol–water partition coefficient (Wildman–Crippen LogP) is 3.65. The number of carbonyl (C=O) groups excluding carboxylic acids is 1. The van der Waals surface area contributed by atoms with Crippen LogP contribution in [0.5, 0.6) is 0 Å². The monoisotopic (exact) mass is 303 g/mol. The third-order valence-corrected chi connectivity index (χ3v) is 3.42. The van der Waals surface area contributed by atoms with Crippen LogP contribution in [0, 0.1) is 0 Å². The number of hydrogen-bond donors (Lipinski definition) is 0. The summed E-state index contributed by atoms with van der Waals surface area (Å²) in [5.41, 5.74) is 0. The van der Waals surface area contributed by atoms with Crippen LogP contribution in [0.2, 0.25) is 4.34 Å². The average Bonchev–Trinajstić information content (AvgIpc) is 2.70. The van der Waals surface area contributed by atoms with E-state index in [1.165, 1.54) is 6.92 Å². The van der Waals surface area contributed by atoms with Crippen molar-refractivity contribution in [2.45, 2.75) is 25.8 Å². The van der Waals surface area contributed by atoms with Gasteiger partial charge in [0.25, 0.3) is 5.91 Å². The fourth-order valence-corrected chi connectivity index (χ4v) is 2.36. The molecule has 8 heteroatoms. The molecule has 1 aromatic heterocycles. The molecule has 102 valence electrons. The molecule has 18 heavy (non-hydrogen) atoms. The van der Waals surface area contributed by atoms with Gasteiger partial charge in [0.1, 0.15) is 0 Å². The van der Waals surface area contributed by atoms with E-state index in [1.54, 1.807) is 12.1 Å². The lowest BCUT2D eigenvalue weighted by molar-refractivity contribution is -0.181. The number of carbonyl (C=O) groups is 1. The number of amides is 1. The summed E-state index contributed by atoms with van der Waals surface area (Å²) in [7, 11) is 0. The van der Waals surface area contributed by atoms with Crippen LogP contribution in [0.25, 0.3) is 0 Å². The van der Waals surface area contributed by atoms with Crippen molar-refractivity contribution in [2.75, 3.05) is 6.54 Å². The maximum Gasteiger partial charge on any atom is 0.383 e. The van der Waals surface area contributed by atoms with Crippen molar-refractivity contribution in [1.29, 1.82) is 0 Å². The molecule has 0 saturated carbocycles. The molecule has 0 unspecified atom stereocenters. The largest absolute Gasteiger partial charge is 0.383 e. The zero-order chi connectivity index (χ0) is 13.9.